The molecule has 0 unspecified atom stereocenters. The molecule has 120 valence electrons. The fourth-order valence-electron chi connectivity index (χ4n) is 3.90. The van der Waals surface area contributed by atoms with Crippen molar-refractivity contribution in [3.63, 3.8) is 0 Å². The summed E-state index contributed by atoms with van der Waals surface area (Å²) in [6, 6.07) is 17.2. The van der Waals surface area contributed by atoms with E-state index in [0.717, 1.165) is 16.3 Å². The predicted molar refractivity (Wildman–Crippen MR) is 104 cm³/mol. The highest BCUT2D eigenvalue weighted by molar-refractivity contribution is 6.32. The van der Waals surface area contributed by atoms with Gasteiger partial charge < -0.3 is 0 Å². The third kappa shape index (κ3) is 1.73. The molecule has 0 bridgehead atoms. The van der Waals surface area contributed by atoms with Gasteiger partial charge >= 0.3 is 0 Å². The van der Waals surface area contributed by atoms with Crippen molar-refractivity contribution in [2.24, 2.45) is 0 Å². The van der Waals surface area contributed by atoms with Crippen LogP contribution in [-0.2, 0) is 0 Å². The summed E-state index contributed by atoms with van der Waals surface area (Å²) in [5.41, 5.74) is 1.64. The number of aromatic nitrogens is 4. The largest absolute Gasteiger partial charge is 0.261 e. The van der Waals surface area contributed by atoms with Gasteiger partial charge in [0.25, 0.3) is 0 Å². The van der Waals surface area contributed by atoms with Crippen molar-refractivity contribution in [2.75, 3.05) is 0 Å². The van der Waals surface area contributed by atoms with Crippen molar-refractivity contribution in [3.05, 3.63) is 73.3 Å². The maximum atomic E-state index is 4.88. The van der Waals surface area contributed by atoms with E-state index in [1.807, 2.05) is 6.20 Å². The highest BCUT2D eigenvalue weighted by atomic mass is 14.9. The summed E-state index contributed by atoms with van der Waals surface area (Å²) in [4.78, 5) is 17.9. The zero-order chi connectivity index (χ0) is 17.1. The third-order valence-corrected chi connectivity index (χ3v) is 5.01. The topological polar surface area (TPSA) is 51.6 Å². The summed E-state index contributed by atoms with van der Waals surface area (Å²) in [7, 11) is 0. The number of nitrogens with zero attached hydrogens (tertiary/aromatic N) is 4. The van der Waals surface area contributed by atoms with Crippen molar-refractivity contribution in [2.45, 2.75) is 0 Å². The van der Waals surface area contributed by atoms with E-state index < -0.39 is 0 Å². The van der Waals surface area contributed by atoms with Crippen LogP contribution in [0.4, 0.5) is 0 Å². The monoisotopic (exact) mass is 332 g/mol. The lowest BCUT2D eigenvalue weighted by molar-refractivity contribution is 1.14. The first-order chi connectivity index (χ1) is 12.9. The van der Waals surface area contributed by atoms with E-state index in [1.54, 1.807) is 18.6 Å². The van der Waals surface area contributed by atoms with Gasteiger partial charge in [-0.1, -0.05) is 48.5 Å². The molecule has 4 nitrogen and oxygen atoms in total. The molecule has 2 heterocycles. The van der Waals surface area contributed by atoms with Crippen LogP contribution < -0.4 is 0 Å². The van der Waals surface area contributed by atoms with Crippen LogP contribution in [0.5, 0.6) is 0 Å². The molecule has 4 aromatic carbocycles. The molecule has 2 aromatic heterocycles. The van der Waals surface area contributed by atoms with Crippen molar-refractivity contribution in [1.29, 1.82) is 0 Å². The van der Waals surface area contributed by atoms with E-state index in [2.05, 4.69) is 63.5 Å². The van der Waals surface area contributed by atoms with Crippen LogP contribution in [0.3, 0.4) is 0 Å². The molecule has 0 atom stereocenters. The normalized spacial score (nSPS) is 11.8. The summed E-state index contributed by atoms with van der Waals surface area (Å²) in [6.45, 7) is 0. The molecule has 0 amide bonds. The Kier molecular flexibility index (Phi) is 2.58. The molecular formula is C22H12N4. The fraction of sp³-hybridized carbons (Fsp3) is 0. The molecule has 6 aromatic rings. The van der Waals surface area contributed by atoms with Crippen molar-refractivity contribution < 1.29 is 0 Å². The first kappa shape index (κ1) is 13.6. The SMILES string of the molecule is c1cc2ccc3cccc4c5nc(-c6cnccn6)ncc5c(c1)c2c34. The zero-order valence-electron chi connectivity index (χ0n) is 13.7. The van der Waals surface area contributed by atoms with Crippen LogP contribution in [0.2, 0.25) is 0 Å². The summed E-state index contributed by atoms with van der Waals surface area (Å²) >= 11 is 0. The number of hydrogen-bond donors (Lipinski definition) is 0. The van der Waals surface area contributed by atoms with E-state index >= 15 is 0 Å². The van der Waals surface area contributed by atoms with Crippen LogP contribution in [0, 0.1) is 0 Å². The van der Waals surface area contributed by atoms with Crippen molar-refractivity contribution in [3.8, 4) is 11.5 Å². The lowest BCUT2D eigenvalue weighted by atomic mass is 9.92. The first-order valence-corrected chi connectivity index (χ1v) is 8.49. The van der Waals surface area contributed by atoms with E-state index in [9.17, 15) is 0 Å². The summed E-state index contributed by atoms with van der Waals surface area (Å²) in [6.07, 6.45) is 6.92. The average Bonchev–Trinajstić information content (AvgIpc) is 2.73. The molecule has 0 aliphatic heterocycles. The first-order valence-electron chi connectivity index (χ1n) is 8.49. The zero-order valence-corrected chi connectivity index (χ0v) is 13.7. The minimum absolute atomic E-state index is 0.598. The molecule has 6 rings (SSSR count). The van der Waals surface area contributed by atoms with Crippen molar-refractivity contribution in [1.82, 2.24) is 19.9 Å². The summed E-state index contributed by atoms with van der Waals surface area (Å²) in [5, 5.41) is 8.41. The maximum Gasteiger partial charge on any atom is 0.180 e. The lowest BCUT2D eigenvalue weighted by Crippen LogP contribution is -1.95. The van der Waals surface area contributed by atoms with Gasteiger partial charge in [-0.15, -0.1) is 0 Å². The van der Waals surface area contributed by atoms with Crippen LogP contribution in [0.1, 0.15) is 0 Å². The fourth-order valence-corrected chi connectivity index (χ4v) is 3.90. The quantitative estimate of drug-likeness (QED) is 0.315. The minimum atomic E-state index is 0.598. The van der Waals surface area contributed by atoms with Gasteiger partial charge in [0.15, 0.2) is 5.82 Å². The average molecular weight is 332 g/mol. The van der Waals surface area contributed by atoms with E-state index in [-0.39, 0.29) is 0 Å². The Hall–Kier alpha value is -3.66. The molecule has 0 fully saturated rings. The summed E-state index contributed by atoms with van der Waals surface area (Å²) in [5.74, 6) is 0.598. The minimum Gasteiger partial charge on any atom is -0.261 e. The number of benzene rings is 4. The number of rotatable bonds is 1. The molecule has 26 heavy (non-hydrogen) atoms. The van der Waals surface area contributed by atoms with Gasteiger partial charge in [0, 0.05) is 29.4 Å². The Morgan fingerprint density at radius 3 is 2.15 bits per heavy atom. The molecular weight excluding hydrogens is 320 g/mol. The highest BCUT2D eigenvalue weighted by Gasteiger charge is 2.15. The molecule has 0 aliphatic carbocycles. The molecule has 0 aliphatic rings. The van der Waals surface area contributed by atoms with Gasteiger partial charge in [-0.2, -0.15) is 0 Å². The molecule has 0 saturated carbocycles. The predicted octanol–water partition coefficient (Wildman–Crippen LogP) is 4.98. The Morgan fingerprint density at radius 1 is 0.615 bits per heavy atom. The van der Waals surface area contributed by atoms with Crippen molar-refractivity contribution >= 4 is 43.2 Å². The third-order valence-electron chi connectivity index (χ3n) is 5.01. The smallest absolute Gasteiger partial charge is 0.180 e. The number of hydrogen-bond acceptors (Lipinski definition) is 4. The van der Waals surface area contributed by atoms with Gasteiger partial charge in [-0.25, -0.2) is 15.0 Å². The van der Waals surface area contributed by atoms with Crippen LogP contribution >= 0.6 is 0 Å². The van der Waals surface area contributed by atoms with Crippen LogP contribution in [0.25, 0.3) is 54.7 Å². The Bertz CT molecular complexity index is 1420. The number of fused-ring (bicyclic) bond motifs is 3. The molecule has 4 heteroatoms. The second-order valence-corrected chi connectivity index (χ2v) is 6.42. The molecule has 0 N–H and O–H groups in total. The standard InChI is InChI=1S/C22H12N4/c1-3-13-7-8-14-4-2-6-16-20(14)19(13)15(5-1)17-11-25-22(26-21(16)17)18-12-23-9-10-24-18/h1-12H. The van der Waals surface area contributed by atoms with Gasteiger partial charge in [-0.05, 0) is 26.9 Å². The second-order valence-electron chi connectivity index (χ2n) is 6.42. The van der Waals surface area contributed by atoms with Gasteiger partial charge in [0.05, 0.1) is 11.7 Å². The summed E-state index contributed by atoms with van der Waals surface area (Å²) < 4.78 is 0. The van der Waals surface area contributed by atoms with E-state index in [0.29, 0.717) is 11.5 Å². The van der Waals surface area contributed by atoms with Gasteiger partial charge in [-0.3, -0.25) is 4.98 Å². The Balaban J connectivity index is 1.86. The van der Waals surface area contributed by atoms with Gasteiger partial charge in [0.1, 0.15) is 5.69 Å². The highest BCUT2D eigenvalue weighted by Crippen LogP contribution is 2.39. The Morgan fingerprint density at radius 2 is 1.38 bits per heavy atom. The molecule has 0 saturated heterocycles. The second kappa shape index (κ2) is 4.92. The maximum absolute atomic E-state index is 4.88. The molecule has 0 radical (unpaired) electrons. The van der Waals surface area contributed by atoms with E-state index in [1.165, 1.54) is 26.9 Å². The van der Waals surface area contributed by atoms with Gasteiger partial charge in [0.2, 0.25) is 0 Å². The van der Waals surface area contributed by atoms with E-state index in [4.69, 9.17) is 4.98 Å². The lowest BCUT2D eigenvalue weighted by Gasteiger charge is -2.14. The Labute approximate surface area is 148 Å². The molecule has 0 spiro atoms. The van der Waals surface area contributed by atoms with Crippen LogP contribution in [-0.4, -0.2) is 19.9 Å². The van der Waals surface area contributed by atoms with Crippen LogP contribution in [0.15, 0.2) is 73.3 Å².